The Morgan fingerprint density at radius 1 is 0.692 bits per heavy atom. The van der Waals surface area contributed by atoms with Crippen LogP contribution in [0.5, 0.6) is 0 Å². The average molecular weight is 376 g/mol. The molecule has 1 aromatic rings. The Balaban J connectivity index is 1.87. The van der Waals surface area contributed by atoms with Gasteiger partial charge in [-0.2, -0.15) is 0 Å². The van der Waals surface area contributed by atoms with Gasteiger partial charge in [-0.15, -0.1) is 0 Å². The van der Waals surface area contributed by atoms with E-state index in [-0.39, 0.29) is 0 Å². The predicted molar refractivity (Wildman–Crippen MR) is 121 cm³/mol. The maximum Gasteiger partial charge on any atom is 0.108 e. The number of thiocarbonyl (C=S) groups is 1. The number of nitrogens with zero attached hydrogens (tertiary/aromatic N) is 1. The molecule has 1 rings (SSSR count). The van der Waals surface area contributed by atoms with E-state index >= 15 is 0 Å². The van der Waals surface area contributed by atoms with Crippen LogP contribution >= 0.6 is 12.2 Å². The van der Waals surface area contributed by atoms with Gasteiger partial charge in [0.25, 0.3) is 0 Å². The van der Waals surface area contributed by atoms with Gasteiger partial charge in [0.05, 0.1) is 0 Å². The third kappa shape index (κ3) is 11.7. The van der Waals surface area contributed by atoms with E-state index in [1.165, 1.54) is 89.9 Å². The molecule has 0 N–H and O–H groups in total. The van der Waals surface area contributed by atoms with Crippen LogP contribution in [-0.4, -0.2) is 23.5 Å². The van der Waals surface area contributed by atoms with Crippen molar-refractivity contribution in [1.29, 1.82) is 0 Å². The molecule has 1 nitrogen and oxygen atoms in total. The van der Waals surface area contributed by atoms with E-state index in [2.05, 4.69) is 43.1 Å². The molecule has 0 heterocycles. The normalized spacial score (nSPS) is 10.8. The highest BCUT2D eigenvalue weighted by atomic mass is 32.1. The third-order valence-corrected chi connectivity index (χ3v) is 5.76. The second kappa shape index (κ2) is 16.3. The van der Waals surface area contributed by atoms with Crippen LogP contribution in [0, 0.1) is 0 Å². The Hall–Kier alpha value is -0.890. The van der Waals surface area contributed by atoms with E-state index in [0.717, 1.165) is 17.1 Å². The zero-order valence-corrected chi connectivity index (χ0v) is 18.2. The molecule has 0 fully saturated rings. The van der Waals surface area contributed by atoms with Gasteiger partial charge in [0, 0.05) is 19.2 Å². The fourth-order valence-corrected chi connectivity index (χ4v) is 3.67. The maximum absolute atomic E-state index is 5.57. The van der Waals surface area contributed by atoms with E-state index in [4.69, 9.17) is 12.2 Å². The molecule has 0 bridgehead atoms. The highest BCUT2D eigenvalue weighted by molar-refractivity contribution is 7.80. The molecule has 148 valence electrons. The summed E-state index contributed by atoms with van der Waals surface area (Å²) in [6.07, 6.45) is 19.7. The minimum atomic E-state index is 0.972. The molecule has 0 unspecified atom stereocenters. The summed E-state index contributed by atoms with van der Waals surface area (Å²) in [5.41, 5.74) is 1.16. The second-order valence-electron chi connectivity index (χ2n) is 7.69. The lowest BCUT2D eigenvalue weighted by Crippen LogP contribution is -2.26. The zero-order chi connectivity index (χ0) is 18.9. The first-order valence-corrected chi connectivity index (χ1v) is 11.5. The molecule has 0 aliphatic carbocycles. The Labute approximate surface area is 168 Å². The van der Waals surface area contributed by atoms with Crippen molar-refractivity contribution in [3.8, 4) is 0 Å². The molecular weight excluding hydrogens is 334 g/mol. The largest absolute Gasteiger partial charge is 0.365 e. The van der Waals surface area contributed by atoms with Gasteiger partial charge in [-0.05, 0) is 6.42 Å². The van der Waals surface area contributed by atoms with Crippen molar-refractivity contribution in [2.45, 2.75) is 96.8 Å². The van der Waals surface area contributed by atoms with Crippen molar-refractivity contribution in [2.75, 3.05) is 13.6 Å². The zero-order valence-electron chi connectivity index (χ0n) is 17.3. The molecule has 0 radical (unpaired) electrons. The van der Waals surface area contributed by atoms with Gasteiger partial charge in [-0.25, -0.2) is 0 Å². The van der Waals surface area contributed by atoms with Crippen molar-refractivity contribution in [3.05, 3.63) is 35.9 Å². The monoisotopic (exact) mass is 375 g/mol. The number of rotatable bonds is 16. The van der Waals surface area contributed by atoms with Gasteiger partial charge in [-0.3, -0.25) is 0 Å². The lowest BCUT2D eigenvalue weighted by Gasteiger charge is -2.20. The van der Waals surface area contributed by atoms with Crippen LogP contribution in [-0.2, 0) is 0 Å². The second-order valence-corrected chi connectivity index (χ2v) is 8.08. The van der Waals surface area contributed by atoms with Crippen molar-refractivity contribution in [2.24, 2.45) is 0 Å². The number of benzene rings is 1. The molecule has 0 atom stereocenters. The minimum Gasteiger partial charge on any atom is -0.365 e. The van der Waals surface area contributed by atoms with Crippen molar-refractivity contribution in [1.82, 2.24) is 4.90 Å². The van der Waals surface area contributed by atoms with E-state index < -0.39 is 0 Å². The van der Waals surface area contributed by atoms with Crippen LogP contribution in [0.25, 0.3) is 0 Å². The predicted octanol–water partition coefficient (Wildman–Crippen LogP) is 7.78. The molecule has 0 saturated heterocycles. The summed E-state index contributed by atoms with van der Waals surface area (Å²) in [4.78, 5) is 3.20. The first kappa shape index (κ1) is 23.1. The summed E-state index contributed by atoms with van der Waals surface area (Å²) in [6, 6.07) is 10.4. The van der Waals surface area contributed by atoms with Crippen molar-refractivity contribution >= 4 is 17.2 Å². The summed E-state index contributed by atoms with van der Waals surface area (Å²) in [6.45, 7) is 3.36. The summed E-state index contributed by atoms with van der Waals surface area (Å²) in [5, 5.41) is 0. The van der Waals surface area contributed by atoms with Crippen LogP contribution in [0.2, 0.25) is 0 Å². The number of hydrogen-bond donors (Lipinski definition) is 0. The SMILES string of the molecule is CCCCCCCCCCCCCCCCN(C)C(=S)c1ccccc1. The fourth-order valence-electron chi connectivity index (χ4n) is 3.45. The van der Waals surface area contributed by atoms with E-state index in [0.29, 0.717) is 0 Å². The summed E-state index contributed by atoms with van der Waals surface area (Å²) in [5.74, 6) is 0. The van der Waals surface area contributed by atoms with Crippen molar-refractivity contribution in [3.63, 3.8) is 0 Å². The van der Waals surface area contributed by atoms with Gasteiger partial charge < -0.3 is 4.90 Å². The van der Waals surface area contributed by atoms with Crippen LogP contribution in [0.15, 0.2) is 30.3 Å². The molecule has 0 saturated carbocycles. The number of unbranched alkanes of at least 4 members (excludes halogenated alkanes) is 13. The van der Waals surface area contributed by atoms with Gasteiger partial charge in [0.1, 0.15) is 4.99 Å². The first-order valence-electron chi connectivity index (χ1n) is 11.1. The molecule has 0 aliphatic heterocycles. The highest BCUT2D eigenvalue weighted by Crippen LogP contribution is 2.13. The fraction of sp³-hybridized carbons (Fsp3) is 0.708. The first-order chi connectivity index (χ1) is 12.8. The van der Waals surface area contributed by atoms with Crippen molar-refractivity contribution < 1.29 is 0 Å². The lowest BCUT2D eigenvalue weighted by molar-refractivity contribution is 0.469. The molecule has 2 heteroatoms. The molecule has 26 heavy (non-hydrogen) atoms. The average Bonchev–Trinajstić information content (AvgIpc) is 2.68. The van der Waals surface area contributed by atoms with Gasteiger partial charge in [0.15, 0.2) is 0 Å². The Morgan fingerprint density at radius 2 is 1.12 bits per heavy atom. The lowest BCUT2D eigenvalue weighted by atomic mass is 10.0. The van der Waals surface area contributed by atoms with Gasteiger partial charge >= 0.3 is 0 Å². The quantitative estimate of drug-likeness (QED) is 0.214. The summed E-state index contributed by atoms with van der Waals surface area (Å²) >= 11 is 5.57. The molecule has 0 amide bonds. The topological polar surface area (TPSA) is 3.24 Å². The summed E-state index contributed by atoms with van der Waals surface area (Å²) < 4.78 is 0. The van der Waals surface area contributed by atoms with Crippen LogP contribution < -0.4 is 0 Å². The van der Waals surface area contributed by atoms with E-state index in [9.17, 15) is 0 Å². The molecular formula is C24H41NS. The molecule has 0 spiro atoms. The van der Waals surface area contributed by atoms with Crippen LogP contribution in [0.3, 0.4) is 0 Å². The molecule has 0 aliphatic rings. The third-order valence-electron chi connectivity index (χ3n) is 5.21. The maximum atomic E-state index is 5.57. The minimum absolute atomic E-state index is 0.972. The highest BCUT2D eigenvalue weighted by Gasteiger charge is 2.05. The van der Waals surface area contributed by atoms with Crippen LogP contribution in [0.1, 0.15) is 102 Å². The van der Waals surface area contributed by atoms with Crippen LogP contribution in [0.4, 0.5) is 0 Å². The smallest absolute Gasteiger partial charge is 0.108 e. The van der Waals surface area contributed by atoms with E-state index in [1.54, 1.807) is 0 Å². The van der Waals surface area contributed by atoms with E-state index in [1.807, 2.05) is 6.07 Å². The Kier molecular flexibility index (Phi) is 14.5. The standard InChI is InChI=1S/C24H41NS/c1-3-4-5-6-7-8-9-10-11-12-13-14-15-19-22-25(2)24(26)23-20-17-16-18-21-23/h16-18,20-21H,3-15,19,22H2,1-2H3. The molecule has 1 aromatic carbocycles. The number of hydrogen-bond acceptors (Lipinski definition) is 1. The van der Waals surface area contributed by atoms with Gasteiger partial charge in [-0.1, -0.05) is 133 Å². The Bertz CT molecular complexity index is 443. The molecule has 0 aromatic heterocycles. The Morgan fingerprint density at radius 3 is 1.58 bits per heavy atom. The summed E-state index contributed by atoms with van der Waals surface area (Å²) in [7, 11) is 2.12. The van der Waals surface area contributed by atoms with Gasteiger partial charge in [0.2, 0.25) is 0 Å².